The van der Waals surface area contributed by atoms with Gasteiger partial charge < -0.3 is 4.98 Å². The van der Waals surface area contributed by atoms with Crippen molar-refractivity contribution in [1.29, 1.82) is 0 Å². The van der Waals surface area contributed by atoms with Gasteiger partial charge in [0.15, 0.2) is 6.29 Å². The highest BCUT2D eigenvalue weighted by molar-refractivity contribution is 6.04. The third kappa shape index (κ3) is 2.94. The van der Waals surface area contributed by atoms with Gasteiger partial charge in [0, 0.05) is 16.5 Å². The van der Waals surface area contributed by atoms with Crippen LogP contribution < -0.4 is 0 Å². The molecule has 23 heavy (non-hydrogen) atoms. The maximum atomic E-state index is 11.7. The minimum atomic E-state index is 0.765. The topological polar surface area (TPSA) is 32.9 Å². The number of rotatable bonds is 5. The van der Waals surface area contributed by atoms with Gasteiger partial charge in [0.25, 0.3) is 0 Å². The predicted octanol–water partition coefficient (Wildman–Crippen LogP) is 5.61. The van der Waals surface area contributed by atoms with Gasteiger partial charge >= 0.3 is 0 Å². The molecule has 0 unspecified atom stereocenters. The normalized spacial score (nSPS) is 11.1. The zero-order chi connectivity index (χ0) is 16.4. The summed E-state index contributed by atoms with van der Waals surface area (Å²) < 4.78 is 0. The number of benzene rings is 2. The number of aromatic amines is 1. The van der Waals surface area contributed by atoms with Crippen LogP contribution in [0.2, 0.25) is 0 Å². The highest BCUT2D eigenvalue weighted by atomic mass is 16.1. The lowest BCUT2D eigenvalue weighted by Gasteiger charge is -2.04. The van der Waals surface area contributed by atoms with Gasteiger partial charge in [0.1, 0.15) is 0 Å². The van der Waals surface area contributed by atoms with Crippen molar-refractivity contribution in [2.75, 3.05) is 0 Å². The van der Waals surface area contributed by atoms with Crippen molar-refractivity contribution < 1.29 is 4.79 Å². The highest BCUT2D eigenvalue weighted by Gasteiger charge is 2.13. The Kier molecular flexibility index (Phi) is 4.33. The Balaban J connectivity index is 2.13. The third-order valence-corrected chi connectivity index (χ3v) is 4.64. The quantitative estimate of drug-likeness (QED) is 0.611. The minimum absolute atomic E-state index is 0.765. The molecule has 0 spiro atoms. The molecule has 0 radical (unpaired) electrons. The molecule has 118 valence electrons. The van der Waals surface area contributed by atoms with E-state index in [9.17, 15) is 4.79 Å². The molecule has 0 atom stereocenters. The number of aldehydes is 1. The lowest BCUT2D eigenvalue weighted by Crippen LogP contribution is -1.88. The van der Waals surface area contributed by atoms with E-state index in [0.717, 1.165) is 40.4 Å². The van der Waals surface area contributed by atoms with Crippen LogP contribution in [-0.2, 0) is 6.42 Å². The number of hydrogen-bond donors (Lipinski definition) is 1. The van der Waals surface area contributed by atoms with Gasteiger partial charge in [-0.2, -0.15) is 0 Å². The Morgan fingerprint density at radius 3 is 2.57 bits per heavy atom. The van der Waals surface area contributed by atoms with E-state index < -0.39 is 0 Å². The Hall–Kier alpha value is -2.35. The third-order valence-electron chi connectivity index (χ3n) is 4.64. The fourth-order valence-electron chi connectivity index (χ4n) is 3.04. The van der Waals surface area contributed by atoms with Gasteiger partial charge in [-0.3, -0.25) is 4.79 Å². The lowest BCUT2D eigenvalue weighted by molar-refractivity contribution is 0.112. The SMILES string of the molecule is CCCCc1ccc2[nH]c(-c3ccc(C)c(C)c3)c(C=O)c2c1. The summed E-state index contributed by atoms with van der Waals surface area (Å²) in [6, 6.07) is 12.8. The molecule has 2 heteroatoms. The molecule has 3 aromatic rings. The van der Waals surface area contributed by atoms with E-state index in [2.05, 4.69) is 62.2 Å². The second-order valence-electron chi connectivity index (χ2n) is 6.31. The molecule has 0 fully saturated rings. The summed E-state index contributed by atoms with van der Waals surface area (Å²) in [6.45, 7) is 6.40. The van der Waals surface area contributed by atoms with Crippen molar-refractivity contribution in [2.45, 2.75) is 40.0 Å². The smallest absolute Gasteiger partial charge is 0.152 e. The van der Waals surface area contributed by atoms with E-state index in [1.54, 1.807) is 0 Å². The molecule has 0 bridgehead atoms. The van der Waals surface area contributed by atoms with Crippen molar-refractivity contribution in [1.82, 2.24) is 4.98 Å². The largest absolute Gasteiger partial charge is 0.354 e. The van der Waals surface area contributed by atoms with Gasteiger partial charge in [0.2, 0.25) is 0 Å². The van der Waals surface area contributed by atoms with Crippen molar-refractivity contribution in [3.05, 3.63) is 58.7 Å². The molecule has 0 aliphatic carbocycles. The number of unbranched alkanes of at least 4 members (excludes halogenated alkanes) is 1. The van der Waals surface area contributed by atoms with Gasteiger partial charge in [0.05, 0.1) is 5.69 Å². The van der Waals surface area contributed by atoms with Gasteiger partial charge in [-0.1, -0.05) is 31.5 Å². The molecule has 1 N–H and O–H groups in total. The maximum absolute atomic E-state index is 11.7. The van der Waals surface area contributed by atoms with Crippen LogP contribution in [0, 0.1) is 13.8 Å². The number of aromatic nitrogens is 1. The van der Waals surface area contributed by atoms with Crippen molar-refractivity contribution >= 4 is 17.2 Å². The zero-order valence-electron chi connectivity index (χ0n) is 14.1. The second kappa shape index (κ2) is 6.41. The average molecular weight is 305 g/mol. The van der Waals surface area contributed by atoms with E-state index in [1.165, 1.54) is 29.5 Å². The van der Waals surface area contributed by atoms with E-state index >= 15 is 0 Å². The molecule has 0 saturated carbocycles. The molecule has 0 aliphatic heterocycles. The summed E-state index contributed by atoms with van der Waals surface area (Å²) in [5, 5.41) is 1.03. The molecular weight excluding hydrogens is 282 g/mol. The first-order valence-electron chi connectivity index (χ1n) is 8.31. The number of fused-ring (bicyclic) bond motifs is 1. The Morgan fingerprint density at radius 1 is 1.04 bits per heavy atom. The van der Waals surface area contributed by atoms with E-state index in [4.69, 9.17) is 0 Å². The van der Waals surface area contributed by atoms with Crippen LogP contribution >= 0.6 is 0 Å². The molecule has 0 amide bonds. The molecule has 2 nitrogen and oxygen atoms in total. The standard InChI is InChI=1S/C21H23NO/c1-4-5-6-16-8-10-20-18(12-16)19(13-23)21(22-20)17-9-7-14(2)15(3)11-17/h7-13,22H,4-6H2,1-3H3. The maximum Gasteiger partial charge on any atom is 0.152 e. The van der Waals surface area contributed by atoms with Crippen LogP contribution in [0.1, 0.15) is 46.8 Å². The number of carbonyl (C=O) groups excluding carboxylic acids is 1. The Labute approximate surface area is 137 Å². The minimum Gasteiger partial charge on any atom is -0.354 e. The predicted molar refractivity (Wildman–Crippen MR) is 97.2 cm³/mol. The lowest BCUT2D eigenvalue weighted by atomic mass is 10.0. The highest BCUT2D eigenvalue weighted by Crippen LogP contribution is 2.31. The molecule has 3 rings (SSSR count). The fraction of sp³-hybridized carbons (Fsp3) is 0.286. The number of nitrogens with one attached hydrogen (secondary N) is 1. The molecule has 0 saturated heterocycles. The summed E-state index contributed by atoms with van der Waals surface area (Å²) in [5.41, 5.74) is 7.59. The first-order valence-corrected chi connectivity index (χ1v) is 8.31. The van der Waals surface area contributed by atoms with Crippen molar-refractivity contribution in [3.63, 3.8) is 0 Å². The van der Waals surface area contributed by atoms with Crippen LogP contribution in [-0.4, -0.2) is 11.3 Å². The zero-order valence-corrected chi connectivity index (χ0v) is 14.1. The first kappa shape index (κ1) is 15.5. The summed E-state index contributed by atoms with van der Waals surface area (Å²) in [6.07, 6.45) is 4.40. The molecular formula is C21H23NO. The number of carbonyl (C=O) groups is 1. The molecule has 0 aliphatic rings. The van der Waals surface area contributed by atoms with Gasteiger partial charge in [-0.05, 0) is 67.1 Å². The van der Waals surface area contributed by atoms with Crippen LogP contribution in [0.25, 0.3) is 22.2 Å². The molecule has 2 aromatic carbocycles. The Morgan fingerprint density at radius 2 is 1.87 bits per heavy atom. The number of hydrogen-bond acceptors (Lipinski definition) is 1. The number of H-pyrrole nitrogens is 1. The molecule has 1 heterocycles. The van der Waals surface area contributed by atoms with Crippen LogP contribution in [0.5, 0.6) is 0 Å². The van der Waals surface area contributed by atoms with E-state index in [-0.39, 0.29) is 0 Å². The van der Waals surface area contributed by atoms with Crippen LogP contribution in [0.15, 0.2) is 36.4 Å². The first-order chi connectivity index (χ1) is 11.1. The van der Waals surface area contributed by atoms with Crippen molar-refractivity contribution in [2.24, 2.45) is 0 Å². The van der Waals surface area contributed by atoms with Crippen molar-refractivity contribution in [3.8, 4) is 11.3 Å². The van der Waals surface area contributed by atoms with E-state index in [1.807, 2.05) is 0 Å². The fourth-order valence-corrected chi connectivity index (χ4v) is 3.04. The number of aryl methyl sites for hydroxylation is 3. The second-order valence-corrected chi connectivity index (χ2v) is 6.31. The summed E-state index contributed by atoms with van der Waals surface area (Å²) in [5.74, 6) is 0. The van der Waals surface area contributed by atoms with Crippen LogP contribution in [0.4, 0.5) is 0 Å². The summed E-state index contributed by atoms with van der Waals surface area (Å²) in [4.78, 5) is 15.2. The van der Waals surface area contributed by atoms with Gasteiger partial charge in [-0.25, -0.2) is 0 Å². The average Bonchev–Trinajstić information content (AvgIpc) is 2.93. The summed E-state index contributed by atoms with van der Waals surface area (Å²) in [7, 11) is 0. The van der Waals surface area contributed by atoms with E-state index in [0.29, 0.717) is 0 Å². The van der Waals surface area contributed by atoms with Crippen LogP contribution in [0.3, 0.4) is 0 Å². The molecule has 1 aromatic heterocycles. The van der Waals surface area contributed by atoms with Gasteiger partial charge in [-0.15, -0.1) is 0 Å². The monoisotopic (exact) mass is 305 g/mol. The summed E-state index contributed by atoms with van der Waals surface area (Å²) >= 11 is 0. The Bertz CT molecular complexity index is 858.